The van der Waals surface area contributed by atoms with E-state index in [4.69, 9.17) is 4.74 Å². The van der Waals surface area contributed by atoms with E-state index in [9.17, 15) is 9.59 Å². The number of likely N-dealkylation sites (tertiary alicyclic amines) is 1. The molecule has 1 N–H and O–H groups in total. The number of hydrogen-bond donors (Lipinski definition) is 1. The molecule has 0 spiro atoms. The molecular formula is C25H32N2O3. The summed E-state index contributed by atoms with van der Waals surface area (Å²) in [5, 5.41) is 3.13. The highest BCUT2D eigenvalue weighted by molar-refractivity contribution is 5.95. The monoisotopic (exact) mass is 408 g/mol. The van der Waals surface area contributed by atoms with Crippen LogP contribution in [0.5, 0.6) is 5.75 Å². The number of rotatable bonds is 7. The number of unbranched alkanes of at least 4 members (excludes halogenated alkanes) is 1. The van der Waals surface area contributed by atoms with Gasteiger partial charge in [-0.15, -0.1) is 0 Å². The van der Waals surface area contributed by atoms with Crippen molar-refractivity contribution in [3.05, 3.63) is 59.2 Å². The fourth-order valence-corrected chi connectivity index (χ4v) is 4.21. The second-order valence-corrected chi connectivity index (χ2v) is 8.08. The van der Waals surface area contributed by atoms with Crippen LogP contribution in [0.4, 0.5) is 5.69 Å². The van der Waals surface area contributed by atoms with Crippen LogP contribution in [-0.4, -0.2) is 30.4 Å². The van der Waals surface area contributed by atoms with Crippen molar-refractivity contribution in [3.63, 3.8) is 0 Å². The van der Waals surface area contributed by atoms with Gasteiger partial charge in [0.05, 0.1) is 19.1 Å². The number of amides is 2. The molecule has 30 heavy (non-hydrogen) atoms. The number of methoxy groups -OCH3 is 1. The lowest BCUT2D eigenvalue weighted by atomic mass is 9.83. The smallest absolute Gasteiger partial charge is 0.229 e. The van der Waals surface area contributed by atoms with E-state index in [1.807, 2.05) is 61.2 Å². The summed E-state index contributed by atoms with van der Waals surface area (Å²) in [7, 11) is 1.63. The molecule has 1 aliphatic rings. The Morgan fingerprint density at radius 3 is 2.70 bits per heavy atom. The Morgan fingerprint density at radius 1 is 1.20 bits per heavy atom. The molecule has 0 bridgehead atoms. The van der Waals surface area contributed by atoms with E-state index >= 15 is 0 Å². The Morgan fingerprint density at radius 2 is 1.97 bits per heavy atom. The number of piperidine rings is 1. The van der Waals surface area contributed by atoms with Crippen LogP contribution in [0.3, 0.4) is 0 Å². The van der Waals surface area contributed by atoms with Gasteiger partial charge in [-0.3, -0.25) is 9.59 Å². The summed E-state index contributed by atoms with van der Waals surface area (Å²) in [5.41, 5.74) is 3.85. The van der Waals surface area contributed by atoms with Crippen LogP contribution in [0, 0.1) is 19.8 Å². The number of carbonyl (C=O) groups is 2. The zero-order chi connectivity index (χ0) is 21.7. The largest absolute Gasteiger partial charge is 0.496 e. The van der Waals surface area contributed by atoms with Gasteiger partial charge in [0, 0.05) is 24.2 Å². The van der Waals surface area contributed by atoms with Gasteiger partial charge in [-0.2, -0.15) is 0 Å². The minimum atomic E-state index is -0.337. The highest BCUT2D eigenvalue weighted by Gasteiger charge is 2.41. The van der Waals surface area contributed by atoms with Crippen molar-refractivity contribution in [1.29, 1.82) is 0 Å². The van der Waals surface area contributed by atoms with Gasteiger partial charge in [-0.1, -0.05) is 43.7 Å². The molecule has 0 unspecified atom stereocenters. The molecule has 160 valence electrons. The van der Waals surface area contributed by atoms with Gasteiger partial charge in [0.25, 0.3) is 0 Å². The van der Waals surface area contributed by atoms with E-state index in [1.54, 1.807) is 7.11 Å². The van der Waals surface area contributed by atoms with Gasteiger partial charge in [0.1, 0.15) is 5.75 Å². The molecule has 0 aromatic heterocycles. The van der Waals surface area contributed by atoms with Crippen LogP contribution < -0.4 is 10.1 Å². The lowest BCUT2D eigenvalue weighted by molar-refractivity contribution is -0.142. The highest BCUT2D eigenvalue weighted by Crippen LogP contribution is 2.41. The second-order valence-electron chi connectivity index (χ2n) is 8.08. The highest BCUT2D eigenvalue weighted by atomic mass is 16.5. The normalized spacial score (nSPS) is 18.9. The topological polar surface area (TPSA) is 58.6 Å². The number of ether oxygens (including phenoxy) is 1. The Labute approximate surface area is 179 Å². The quantitative estimate of drug-likeness (QED) is 0.699. The van der Waals surface area contributed by atoms with E-state index in [0.717, 1.165) is 35.2 Å². The molecule has 1 aliphatic heterocycles. The molecule has 2 aromatic carbocycles. The summed E-state index contributed by atoms with van der Waals surface area (Å²) >= 11 is 0. The summed E-state index contributed by atoms with van der Waals surface area (Å²) in [4.78, 5) is 28.2. The van der Waals surface area contributed by atoms with Crippen molar-refractivity contribution >= 4 is 17.5 Å². The van der Waals surface area contributed by atoms with Gasteiger partial charge in [-0.05, 0) is 49.9 Å². The number of nitrogens with zero attached hydrogens (tertiary/aromatic N) is 1. The minimum absolute atomic E-state index is 0.0476. The number of hydrogen-bond acceptors (Lipinski definition) is 3. The maximum absolute atomic E-state index is 13.5. The van der Waals surface area contributed by atoms with Crippen molar-refractivity contribution in [1.82, 2.24) is 4.90 Å². The number of carbonyl (C=O) groups excluding carboxylic acids is 2. The predicted octanol–water partition coefficient (Wildman–Crippen LogP) is 5.03. The van der Waals surface area contributed by atoms with E-state index in [1.165, 1.54) is 0 Å². The first-order chi connectivity index (χ1) is 14.5. The third-order valence-corrected chi connectivity index (χ3v) is 5.90. The Balaban J connectivity index is 1.98. The predicted molar refractivity (Wildman–Crippen MR) is 120 cm³/mol. The van der Waals surface area contributed by atoms with E-state index in [-0.39, 0.29) is 23.8 Å². The Bertz CT molecular complexity index is 909. The Kier molecular flexibility index (Phi) is 7.14. The van der Waals surface area contributed by atoms with Crippen molar-refractivity contribution in [2.45, 2.75) is 52.5 Å². The zero-order valence-corrected chi connectivity index (χ0v) is 18.4. The van der Waals surface area contributed by atoms with Crippen LogP contribution in [0.2, 0.25) is 0 Å². The third-order valence-electron chi connectivity index (χ3n) is 5.90. The number of benzene rings is 2. The van der Waals surface area contributed by atoms with Gasteiger partial charge in [-0.25, -0.2) is 0 Å². The molecule has 3 rings (SSSR count). The SMILES string of the molecule is CCCCN1C(=O)CC[C@H](C(=O)Nc2cc(C)ccc2C)[C@@H]1c1ccccc1OC. The number of nitrogens with one attached hydrogen (secondary N) is 1. The average molecular weight is 409 g/mol. The molecular weight excluding hydrogens is 376 g/mol. The summed E-state index contributed by atoms with van der Waals surface area (Å²) in [6, 6.07) is 13.4. The lowest BCUT2D eigenvalue weighted by Gasteiger charge is -2.41. The molecule has 2 aromatic rings. The maximum atomic E-state index is 13.5. The fourth-order valence-electron chi connectivity index (χ4n) is 4.21. The first-order valence-electron chi connectivity index (χ1n) is 10.8. The van der Waals surface area contributed by atoms with E-state index < -0.39 is 0 Å². The zero-order valence-electron chi connectivity index (χ0n) is 18.4. The molecule has 1 saturated heterocycles. The van der Waals surface area contributed by atoms with Gasteiger partial charge < -0.3 is 15.0 Å². The summed E-state index contributed by atoms with van der Waals surface area (Å²) in [5.74, 6) is 0.433. The van der Waals surface area contributed by atoms with Crippen LogP contribution in [0.25, 0.3) is 0 Å². The van der Waals surface area contributed by atoms with Crippen LogP contribution >= 0.6 is 0 Å². The number of para-hydroxylation sites is 1. The molecule has 2 amide bonds. The number of aryl methyl sites for hydroxylation is 2. The van der Waals surface area contributed by atoms with E-state index in [2.05, 4.69) is 12.2 Å². The summed E-state index contributed by atoms with van der Waals surface area (Å²) in [6.45, 7) is 6.76. The van der Waals surface area contributed by atoms with Crippen molar-refractivity contribution in [3.8, 4) is 5.75 Å². The lowest BCUT2D eigenvalue weighted by Crippen LogP contribution is -2.47. The average Bonchev–Trinajstić information content (AvgIpc) is 2.75. The summed E-state index contributed by atoms with van der Waals surface area (Å²) in [6.07, 6.45) is 2.81. The van der Waals surface area contributed by atoms with E-state index in [0.29, 0.717) is 25.1 Å². The first-order valence-corrected chi connectivity index (χ1v) is 10.8. The van der Waals surface area contributed by atoms with Gasteiger partial charge in [0.15, 0.2) is 0 Å². The third kappa shape index (κ3) is 4.66. The van der Waals surface area contributed by atoms with Crippen LogP contribution in [0.1, 0.15) is 55.3 Å². The minimum Gasteiger partial charge on any atom is -0.496 e. The number of anilines is 1. The Hall–Kier alpha value is -2.82. The van der Waals surface area contributed by atoms with Gasteiger partial charge >= 0.3 is 0 Å². The van der Waals surface area contributed by atoms with Crippen molar-refractivity contribution in [2.75, 3.05) is 19.0 Å². The molecule has 2 atom stereocenters. The fraction of sp³-hybridized carbons (Fsp3) is 0.440. The molecule has 5 heteroatoms. The second kappa shape index (κ2) is 9.79. The van der Waals surface area contributed by atoms with Gasteiger partial charge in [0.2, 0.25) is 11.8 Å². The molecule has 1 heterocycles. The molecule has 0 saturated carbocycles. The molecule has 5 nitrogen and oxygen atoms in total. The summed E-state index contributed by atoms with van der Waals surface area (Å²) < 4.78 is 5.60. The first kappa shape index (κ1) is 21.9. The maximum Gasteiger partial charge on any atom is 0.229 e. The standard InChI is InChI=1S/C25H32N2O3/c1-5-6-15-27-23(28)14-13-20(24(27)19-9-7-8-10-22(19)30-4)25(29)26-21-16-17(2)11-12-18(21)3/h7-12,16,20,24H,5-6,13-15H2,1-4H3,(H,26,29)/t20-,24-/m0/s1. The van der Waals surface area contributed by atoms with Crippen LogP contribution in [-0.2, 0) is 9.59 Å². The van der Waals surface area contributed by atoms with Crippen molar-refractivity contribution < 1.29 is 14.3 Å². The van der Waals surface area contributed by atoms with Crippen LogP contribution in [0.15, 0.2) is 42.5 Å². The molecule has 0 radical (unpaired) electrons. The van der Waals surface area contributed by atoms with Crippen molar-refractivity contribution in [2.24, 2.45) is 5.92 Å². The molecule has 0 aliphatic carbocycles. The molecule has 1 fully saturated rings.